The fourth-order valence-corrected chi connectivity index (χ4v) is 2.36. The number of anilines is 1. The molecule has 2 rings (SSSR count). The predicted molar refractivity (Wildman–Crippen MR) is 94.4 cm³/mol. The summed E-state index contributed by atoms with van der Waals surface area (Å²) in [5.41, 5.74) is 0.421. The van der Waals surface area contributed by atoms with Gasteiger partial charge >= 0.3 is 18.2 Å². The number of thiazole rings is 1. The Morgan fingerprint density at radius 1 is 1.15 bits per heavy atom. The van der Waals surface area contributed by atoms with E-state index in [4.69, 9.17) is 4.74 Å². The van der Waals surface area contributed by atoms with Crippen molar-refractivity contribution < 1.29 is 33.4 Å². The number of amides is 1. The number of methoxy groups -OCH3 is 2. The van der Waals surface area contributed by atoms with Crippen LogP contribution in [0.4, 0.5) is 14.7 Å². The number of hydrogen-bond acceptors (Lipinski definition) is 10. The van der Waals surface area contributed by atoms with Crippen molar-refractivity contribution in [3.63, 3.8) is 0 Å². The van der Waals surface area contributed by atoms with Gasteiger partial charge < -0.3 is 14.2 Å². The van der Waals surface area contributed by atoms with Crippen LogP contribution in [-0.2, 0) is 30.4 Å². The topological polar surface area (TPSA) is 125 Å². The molecule has 0 aliphatic rings. The number of nitrogens with one attached hydrogen (secondary N) is 1. The van der Waals surface area contributed by atoms with Crippen molar-refractivity contribution in [1.82, 2.24) is 4.98 Å². The summed E-state index contributed by atoms with van der Waals surface area (Å²) in [5.74, 6) is -0.877. The van der Waals surface area contributed by atoms with E-state index in [9.17, 15) is 14.4 Å². The molecule has 0 fully saturated rings. The number of oxime groups is 1. The molecule has 0 saturated heterocycles. The third kappa shape index (κ3) is 6.08. The normalized spacial score (nSPS) is 10.7. The first-order valence-electron chi connectivity index (χ1n) is 7.38. The molecule has 1 heterocycles. The first-order chi connectivity index (χ1) is 13.0. The average molecular weight is 393 g/mol. The number of carbonyl (C=O) groups is 3. The first-order valence-corrected chi connectivity index (χ1v) is 8.26. The van der Waals surface area contributed by atoms with Gasteiger partial charge in [-0.2, -0.15) is 0 Å². The van der Waals surface area contributed by atoms with Crippen LogP contribution in [-0.4, -0.2) is 43.1 Å². The fourth-order valence-electron chi connectivity index (χ4n) is 1.68. The maximum atomic E-state index is 12.4. The van der Waals surface area contributed by atoms with Gasteiger partial charge in [0.05, 0.1) is 14.2 Å². The highest BCUT2D eigenvalue weighted by molar-refractivity contribution is 7.14. The quantitative estimate of drug-likeness (QED) is 0.261. The van der Waals surface area contributed by atoms with Crippen LogP contribution in [0.5, 0.6) is 0 Å². The van der Waals surface area contributed by atoms with E-state index in [-0.39, 0.29) is 23.1 Å². The zero-order valence-electron chi connectivity index (χ0n) is 14.3. The van der Waals surface area contributed by atoms with Gasteiger partial charge in [0.15, 0.2) is 5.13 Å². The number of ether oxygens (including phenoxy) is 3. The van der Waals surface area contributed by atoms with Gasteiger partial charge in [0, 0.05) is 5.38 Å². The van der Waals surface area contributed by atoms with Crippen molar-refractivity contribution in [2.75, 3.05) is 19.5 Å². The average Bonchev–Trinajstić information content (AvgIpc) is 3.14. The van der Waals surface area contributed by atoms with Crippen LogP contribution < -0.4 is 5.32 Å². The van der Waals surface area contributed by atoms with Gasteiger partial charge in [-0.25, -0.2) is 19.4 Å². The van der Waals surface area contributed by atoms with Crippen LogP contribution in [0.3, 0.4) is 0 Å². The Morgan fingerprint density at radius 2 is 1.89 bits per heavy atom. The summed E-state index contributed by atoms with van der Waals surface area (Å²) in [7, 11) is 2.29. The molecule has 1 amide bonds. The van der Waals surface area contributed by atoms with Gasteiger partial charge in [0.2, 0.25) is 5.71 Å². The van der Waals surface area contributed by atoms with Crippen molar-refractivity contribution in [2.45, 2.75) is 6.61 Å². The maximum absolute atomic E-state index is 12.4. The molecule has 1 aromatic heterocycles. The third-order valence-electron chi connectivity index (χ3n) is 2.93. The molecule has 0 spiro atoms. The molecular formula is C16H15N3O7S. The summed E-state index contributed by atoms with van der Waals surface area (Å²) in [5, 5.41) is 7.38. The van der Waals surface area contributed by atoms with E-state index in [0.717, 1.165) is 24.0 Å². The molecule has 27 heavy (non-hydrogen) atoms. The SMILES string of the molecule is COC(=O)Nc1nc(C(=NOC(=O)OC)C(=O)OCc2ccccc2)cs1. The molecule has 0 saturated carbocycles. The number of carbonyl (C=O) groups excluding carboxylic acids is 3. The molecule has 1 N–H and O–H groups in total. The van der Waals surface area contributed by atoms with E-state index in [1.54, 1.807) is 24.3 Å². The monoisotopic (exact) mass is 393 g/mol. The molecule has 2 aromatic rings. The zero-order chi connectivity index (χ0) is 19.6. The van der Waals surface area contributed by atoms with Crippen molar-refractivity contribution in [1.29, 1.82) is 0 Å². The third-order valence-corrected chi connectivity index (χ3v) is 3.68. The van der Waals surface area contributed by atoms with Gasteiger partial charge in [-0.05, 0) is 5.56 Å². The molecule has 0 aliphatic carbocycles. The second kappa shape index (κ2) is 9.87. The molecule has 0 bridgehead atoms. The van der Waals surface area contributed by atoms with Crippen molar-refractivity contribution >= 4 is 40.4 Å². The Hall–Kier alpha value is -3.47. The van der Waals surface area contributed by atoms with Crippen LogP contribution >= 0.6 is 11.3 Å². The molecule has 11 heteroatoms. The Kier molecular flexibility index (Phi) is 7.26. The van der Waals surface area contributed by atoms with Crippen LogP contribution in [0, 0.1) is 0 Å². The zero-order valence-corrected chi connectivity index (χ0v) is 15.1. The second-order valence-electron chi connectivity index (χ2n) is 4.70. The summed E-state index contributed by atoms with van der Waals surface area (Å²) >= 11 is 1.01. The fraction of sp³-hybridized carbons (Fsp3) is 0.188. The minimum atomic E-state index is -1.12. The minimum Gasteiger partial charge on any atom is -0.456 e. The van der Waals surface area contributed by atoms with Gasteiger partial charge in [0.1, 0.15) is 12.3 Å². The molecule has 0 atom stereocenters. The predicted octanol–water partition coefficient (Wildman–Crippen LogP) is 2.55. The summed E-state index contributed by atoms with van der Waals surface area (Å²) in [6.07, 6.45) is -1.85. The number of hydrogen-bond donors (Lipinski definition) is 1. The Bertz CT molecular complexity index is 836. The van der Waals surface area contributed by atoms with E-state index in [2.05, 4.69) is 29.8 Å². The number of esters is 1. The highest BCUT2D eigenvalue weighted by Gasteiger charge is 2.22. The molecule has 10 nitrogen and oxygen atoms in total. The molecule has 142 valence electrons. The van der Waals surface area contributed by atoms with Gasteiger partial charge in [0.25, 0.3) is 0 Å². The van der Waals surface area contributed by atoms with E-state index in [1.165, 1.54) is 12.5 Å². The maximum Gasteiger partial charge on any atom is 0.534 e. The summed E-state index contributed by atoms with van der Waals surface area (Å²) in [4.78, 5) is 43.2. The van der Waals surface area contributed by atoms with Gasteiger partial charge in [-0.15, -0.1) is 11.3 Å². The van der Waals surface area contributed by atoms with Crippen LogP contribution in [0.15, 0.2) is 40.9 Å². The summed E-state index contributed by atoms with van der Waals surface area (Å²) < 4.78 is 13.9. The van der Waals surface area contributed by atoms with Crippen molar-refractivity contribution in [3.05, 3.63) is 47.0 Å². The Morgan fingerprint density at radius 3 is 2.56 bits per heavy atom. The molecule has 0 unspecified atom stereocenters. The minimum absolute atomic E-state index is 0.0195. The molecular weight excluding hydrogens is 378 g/mol. The Balaban J connectivity index is 2.16. The second-order valence-corrected chi connectivity index (χ2v) is 5.56. The lowest BCUT2D eigenvalue weighted by atomic mass is 10.2. The summed E-state index contributed by atoms with van der Waals surface area (Å²) in [6.45, 7) is -0.0195. The first kappa shape index (κ1) is 19.8. The van der Waals surface area contributed by atoms with Crippen LogP contribution in [0.25, 0.3) is 0 Å². The smallest absolute Gasteiger partial charge is 0.456 e. The van der Waals surface area contributed by atoms with E-state index in [1.807, 2.05) is 6.07 Å². The molecule has 0 radical (unpaired) electrons. The number of nitrogens with zero attached hydrogens (tertiary/aromatic N) is 2. The Labute approximate surface area is 157 Å². The summed E-state index contributed by atoms with van der Waals surface area (Å²) in [6, 6.07) is 8.97. The highest BCUT2D eigenvalue weighted by Crippen LogP contribution is 2.17. The van der Waals surface area contributed by atoms with E-state index < -0.39 is 18.2 Å². The van der Waals surface area contributed by atoms with Gasteiger partial charge in [-0.1, -0.05) is 35.5 Å². The van der Waals surface area contributed by atoms with Gasteiger partial charge in [-0.3, -0.25) is 10.2 Å². The van der Waals surface area contributed by atoms with E-state index >= 15 is 0 Å². The number of benzene rings is 1. The molecule has 1 aromatic carbocycles. The highest BCUT2D eigenvalue weighted by atomic mass is 32.1. The number of aromatic nitrogens is 1. The van der Waals surface area contributed by atoms with Crippen molar-refractivity contribution in [3.8, 4) is 0 Å². The molecule has 0 aliphatic heterocycles. The number of rotatable bonds is 6. The van der Waals surface area contributed by atoms with Crippen LogP contribution in [0.2, 0.25) is 0 Å². The lowest BCUT2D eigenvalue weighted by Crippen LogP contribution is -2.20. The lowest BCUT2D eigenvalue weighted by molar-refractivity contribution is -0.136. The standard InChI is InChI=1S/C16H15N3O7S/c1-23-15(21)18-14-17-11(9-27-14)12(19-26-16(22)24-2)13(20)25-8-10-6-4-3-5-7-10/h3-7,9H,8H2,1-2H3,(H,17,18,21). The lowest BCUT2D eigenvalue weighted by Gasteiger charge is -2.05. The van der Waals surface area contributed by atoms with E-state index in [0.29, 0.717) is 0 Å². The van der Waals surface area contributed by atoms with Crippen molar-refractivity contribution in [2.24, 2.45) is 5.16 Å². The largest absolute Gasteiger partial charge is 0.534 e. The van der Waals surface area contributed by atoms with Crippen LogP contribution in [0.1, 0.15) is 11.3 Å².